The monoisotopic (exact) mass is 253 g/mol. The number of likely N-dealkylation sites (tertiary alicyclic amines) is 1. The number of amides is 1. The van der Waals surface area contributed by atoms with E-state index in [1.54, 1.807) is 0 Å². The molecule has 3 unspecified atom stereocenters. The number of hydrogen-bond donors (Lipinski definition) is 2. The van der Waals surface area contributed by atoms with Gasteiger partial charge in [-0.2, -0.15) is 0 Å². The molecule has 0 radical (unpaired) electrons. The maximum absolute atomic E-state index is 12.1. The minimum absolute atomic E-state index is 0.0165. The molecule has 2 saturated heterocycles. The minimum Gasteiger partial charge on any atom is -0.355 e. The van der Waals surface area contributed by atoms with Crippen molar-refractivity contribution < 1.29 is 4.79 Å². The number of hydrogen-bond acceptors (Lipinski definition) is 3. The largest absolute Gasteiger partial charge is 0.355 e. The van der Waals surface area contributed by atoms with Crippen LogP contribution in [0.5, 0.6) is 0 Å². The van der Waals surface area contributed by atoms with Gasteiger partial charge < -0.3 is 10.6 Å². The molecule has 4 nitrogen and oxygen atoms in total. The summed E-state index contributed by atoms with van der Waals surface area (Å²) in [6.07, 6.45) is 0.997. The molecule has 4 heteroatoms. The Hall–Kier alpha value is -0.610. The smallest absolute Gasteiger partial charge is 0.237 e. The SMILES string of the molecule is CCCNC(=O)C(C)N1CC2CNCC2C1(C)C. The van der Waals surface area contributed by atoms with E-state index >= 15 is 0 Å². The quantitative estimate of drug-likeness (QED) is 0.780. The van der Waals surface area contributed by atoms with Crippen LogP contribution in [0, 0.1) is 11.8 Å². The summed E-state index contributed by atoms with van der Waals surface area (Å²) in [5, 5.41) is 6.49. The average molecular weight is 253 g/mol. The molecule has 2 fully saturated rings. The van der Waals surface area contributed by atoms with Crippen molar-refractivity contribution in [3.8, 4) is 0 Å². The van der Waals surface area contributed by atoms with E-state index in [0.717, 1.165) is 32.6 Å². The molecule has 18 heavy (non-hydrogen) atoms. The molecule has 1 amide bonds. The fraction of sp³-hybridized carbons (Fsp3) is 0.929. The summed E-state index contributed by atoms with van der Waals surface area (Å²) in [4.78, 5) is 14.5. The highest BCUT2D eigenvalue weighted by atomic mass is 16.2. The van der Waals surface area contributed by atoms with Crippen molar-refractivity contribution in [2.75, 3.05) is 26.2 Å². The van der Waals surface area contributed by atoms with Gasteiger partial charge in [-0.3, -0.25) is 9.69 Å². The number of fused-ring (bicyclic) bond motifs is 1. The maximum Gasteiger partial charge on any atom is 0.237 e. The Balaban J connectivity index is 2.02. The summed E-state index contributed by atoms with van der Waals surface area (Å²) in [5.41, 5.74) is 0.122. The molecule has 0 aromatic rings. The Morgan fingerprint density at radius 2 is 2.22 bits per heavy atom. The van der Waals surface area contributed by atoms with Crippen molar-refractivity contribution in [1.29, 1.82) is 0 Å². The zero-order chi connectivity index (χ0) is 13.3. The zero-order valence-corrected chi connectivity index (χ0v) is 12.1. The van der Waals surface area contributed by atoms with E-state index in [0.29, 0.717) is 11.8 Å². The third kappa shape index (κ3) is 2.28. The number of rotatable bonds is 4. The van der Waals surface area contributed by atoms with Crippen LogP contribution in [0.15, 0.2) is 0 Å². The molecule has 0 bridgehead atoms. The summed E-state index contributed by atoms with van der Waals surface area (Å²) >= 11 is 0. The lowest BCUT2D eigenvalue weighted by Gasteiger charge is -2.39. The molecule has 0 aromatic heterocycles. The molecular weight excluding hydrogens is 226 g/mol. The molecule has 0 aliphatic carbocycles. The van der Waals surface area contributed by atoms with Crippen LogP contribution in [-0.4, -0.2) is 48.6 Å². The molecular formula is C14H27N3O. The van der Waals surface area contributed by atoms with E-state index in [9.17, 15) is 4.79 Å². The molecule has 104 valence electrons. The van der Waals surface area contributed by atoms with Crippen molar-refractivity contribution in [3.05, 3.63) is 0 Å². The first kappa shape index (κ1) is 13.8. The highest BCUT2D eigenvalue weighted by Gasteiger charge is 2.51. The number of nitrogens with one attached hydrogen (secondary N) is 2. The highest BCUT2D eigenvalue weighted by Crippen LogP contribution is 2.41. The normalized spacial score (nSPS) is 32.2. The van der Waals surface area contributed by atoms with Gasteiger partial charge in [0.15, 0.2) is 0 Å². The second-order valence-electron chi connectivity index (χ2n) is 6.30. The van der Waals surface area contributed by atoms with Crippen LogP contribution in [-0.2, 0) is 4.79 Å². The lowest BCUT2D eigenvalue weighted by atomic mass is 9.84. The van der Waals surface area contributed by atoms with Crippen LogP contribution >= 0.6 is 0 Å². The van der Waals surface area contributed by atoms with Gasteiger partial charge in [-0.05, 0) is 45.6 Å². The van der Waals surface area contributed by atoms with Gasteiger partial charge in [-0.15, -0.1) is 0 Å². The van der Waals surface area contributed by atoms with Gasteiger partial charge >= 0.3 is 0 Å². The maximum atomic E-state index is 12.1. The topological polar surface area (TPSA) is 44.4 Å². The van der Waals surface area contributed by atoms with Crippen LogP contribution in [0.2, 0.25) is 0 Å². The third-order valence-electron chi connectivity index (χ3n) is 4.81. The summed E-state index contributed by atoms with van der Waals surface area (Å²) in [5.74, 6) is 1.57. The second-order valence-corrected chi connectivity index (χ2v) is 6.30. The highest BCUT2D eigenvalue weighted by molar-refractivity contribution is 5.81. The fourth-order valence-corrected chi connectivity index (χ4v) is 3.65. The van der Waals surface area contributed by atoms with Gasteiger partial charge in [0.1, 0.15) is 0 Å². The van der Waals surface area contributed by atoms with Crippen molar-refractivity contribution in [2.45, 2.75) is 45.7 Å². The van der Waals surface area contributed by atoms with Crippen LogP contribution in [0.4, 0.5) is 0 Å². The van der Waals surface area contributed by atoms with E-state index in [1.165, 1.54) is 0 Å². The van der Waals surface area contributed by atoms with E-state index in [1.807, 2.05) is 6.92 Å². The first-order valence-electron chi connectivity index (χ1n) is 7.23. The standard InChI is InChI=1S/C14H27N3O/c1-5-6-16-13(18)10(2)17-9-11-7-15-8-12(11)14(17,3)4/h10-12,15H,5-9H2,1-4H3,(H,16,18). The Kier molecular flexibility index (Phi) is 3.97. The molecule has 0 aromatic carbocycles. The summed E-state index contributed by atoms with van der Waals surface area (Å²) in [7, 11) is 0. The van der Waals surface area contributed by atoms with Gasteiger partial charge in [0.25, 0.3) is 0 Å². The Morgan fingerprint density at radius 1 is 1.50 bits per heavy atom. The lowest BCUT2D eigenvalue weighted by Crippen LogP contribution is -2.54. The lowest BCUT2D eigenvalue weighted by molar-refractivity contribution is -0.127. The van der Waals surface area contributed by atoms with Crippen LogP contribution in [0.1, 0.15) is 34.1 Å². The van der Waals surface area contributed by atoms with Crippen molar-refractivity contribution in [2.24, 2.45) is 11.8 Å². The molecule has 2 N–H and O–H groups in total. The van der Waals surface area contributed by atoms with Gasteiger partial charge in [-0.1, -0.05) is 6.92 Å². The zero-order valence-electron chi connectivity index (χ0n) is 12.1. The minimum atomic E-state index is -0.0165. The molecule has 0 spiro atoms. The van der Waals surface area contributed by atoms with Gasteiger partial charge in [0, 0.05) is 25.2 Å². The second kappa shape index (κ2) is 5.17. The van der Waals surface area contributed by atoms with Crippen molar-refractivity contribution in [1.82, 2.24) is 15.5 Å². The molecule has 3 atom stereocenters. The summed E-state index contributed by atoms with van der Waals surface area (Å²) < 4.78 is 0. The molecule has 2 aliphatic heterocycles. The van der Waals surface area contributed by atoms with Gasteiger partial charge in [0.05, 0.1) is 6.04 Å². The number of carbonyl (C=O) groups excluding carboxylic acids is 1. The van der Waals surface area contributed by atoms with E-state index in [4.69, 9.17) is 0 Å². The van der Waals surface area contributed by atoms with E-state index < -0.39 is 0 Å². The van der Waals surface area contributed by atoms with Crippen LogP contribution in [0.25, 0.3) is 0 Å². The molecule has 2 aliphatic rings. The first-order valence-corrected chi connectivity index (χ1v) is 7.23. The Bertz CT molecular complexity index is 316. The Labute approximate surface area is 110 Å². The average Bonchev–Trinajstić information content (AvgIpc) is 2.88. The summed E-state index contributed by atoms with van der Waals surface area (Å²) in [6, 6.07) is -0.0165. The van der Waals surface area contributed by atoms with Crippen LogP contribution in [0.3, 0.4) is 0 Å². The molecule has 2 rings (SSSR count). The van der Waals surface area contributed by atoms with Gasteiger partial charge in [0.2, 0.25) is 5.91 Å². The Morgan fingerprint density at radius 3 is 2.83 bits per heavy atom. The first-order chi connectivity index (χ1) is 8.48. The van der Waals surface area contributed by atoms with Crippen molar-refractivity contribution in [3.63, 3.8) is 0 Å². The summed E-state index contributed by atoms with van der Waals surface area (Å²) in [6.45, 7) is 12.7. The molecule has 0 saturated carbocycles. The third-order valence-corrected chi connectivity index (χ3v) is 4.81. The predicted octanol–water partition coefficient (Wildman–Crippen LogP) is 0.831. The fourth-order valence-electron chi connectivity index (χ4n) is 3.65. The number of carbonyl (C=O) groups is 1. The predicted molar refractivity (Wildman–Crippen MR) is 73.4 cm³/mol. The van der Waals surface area contributed by atoms with E-state index in [-0.39, 0.29) is 17.5 Å². The van der Waals surface area contributed by atoms with Crippen molar-refractivity contribution >= 4 is 5.91 Å². The van der Waals surface area contributed by atoms with Gasteiger partial charge in [-0.25, -0.2) is 0 Å². The van der Waals surface area contributed by atoms with E-state index in [2.05, 4.69) is 36.3 Å². The number of nitrogens with zero attached hydrogens (tertiary/aromatic N) is 1. The molecule has 2 heterocycles. The van der Waals surface area contributed by atoms with Crippen LogP contribution < -0.4 is 10.6 Å².